The standard InChI is InChI=1S/C16H14N6OS/c1-21-8-2-4-12(21)16(23)17-10-15-19-18-14-7-6-11(20-22(14)15)13-5-3-9-24-13/h2-9H,10H2,1H3,(H,17,23). The minimum absolute atomic E-state index is 0.159. The Kier molecular flexibility index (Phi) is 3.58. The fourth-order valence-corrected chi connectivity index (χ4v) is 3.14. The van der Waals surface area contributed by atoms with E-state index < -0.39 is 0 Å². The van der Waals surface area contributed by atoms with Crippen LogP contribution in [0.5, 0.6) is 0 Å². The van der Waals surface area contributed by atoms with Gasteiger partial charge in [0.25, 0.3) is 5.91 Å². The maximum Gasteiger partial charge on any atom is 0.268 e. The fourth-order valence-electron chi connectivity index (χ4n) is 2.45. The quantitative estimate of drug-likeness (QED) is 0.618. The number of rotatable bonds is 4. The van der Waals surface area contributed by atoms with E-state index in [1.807, 2.05) is 49.0 Å². The van der Waals surface area contributed by atoms with Crippen LogP contribution in [0.3, 0.4) is 0 Å². The molecule has 1 N–H and O–H groups in total. The van der Waals surface area contributed by atoms with E-state index in [-0.39, 0.29) is 12.5 Å². The second-order valence-corrected chi connectivity index (χ2v) is 6.22. The summed E-state index contributed by atoms with van der Waals surface area (Å²) in [4.78, 5) is 13.3. The molecule has 4 heterocycles. The maximum absolute atomic E-state index is 12.2. The Balaban J connectivity index is 1.59. The van der Waals surface area contributed by atoms with Crippen molar-refractivity contribution in [3.8, 4) is 10.6 Å². The Bertz CT molecular complexity index is 1000. The Hall–Kier alpha value is -3.00. The van der Waals surface area contributed by atoms with E-state index in [0.29, 0.717) is 17.2 Å². The number of nitrogens with zero attached hydrogens (tertiary/aromatic N) is 5. The Morgan fingerprint density at radius 1 is 1.21 bits per heavy atom. The van der Waals surface area contributed by atoms with E-state index >= 15 is 0 Å². The largest absolute Gasteiger partial charge is 0.347 e. The molecule has 4 aromatic rings. The average Bonchev–Trinajstić information content (AvgIpc) is 3.33. The number of hydrogen-bond acceptors (Lipinski definition) is 5. The van der Waals surface area contributed by atoms with Gasteiger partial charge in [-0.3, -0.25) is 4.79 Å². The number of amides is 1. The van der Waals surface area contributed by atoms with Crippen molar-refractivity contribution in [1.29, 1.82) is 0 Å². The van der Waals surface area contributed by atoms with Crippen LogP contribution < -0.4 is 5.32 Å². The summed E-state index contributed by atoms with van der Waals surface area (Å²) in [5.41, 5.74) is 2.10. The highest BCUT2D eigenvalue weighted by Crippen LogP contribution is 2.22. The first kappa shape index (κ1) is 14.6. The van der Waals surface area contributed by atoms with Crippen molar-refractivity contribution in [2.75, 3.05) is 0 Å². The molecule has 0 spiro atoms. The molecule has 0 fully saturated rings. The second-order valence-electron chi connectivity index (χ2n) is 5.27. The third-order valence-electron chi connectivity index (χ3n) is 3.68. The fraction of sp³-hybridized carbons (Fsp3) is 0.125. The van der Waals surface area contributed by atoms with Crippen LogP contribution in [0.1, 0.15) is 16.3 Å². The third kappa shape index (κ3) is 2.56. The molecule has 0 bridgehead atoms. The van der Waals surface area contributed by atoms with E-state index in [1.165, 1.54) is 0 Å². The van der Waals surface area contributed by atoms with Gasteiger partial charge in [-0.05, 0) is 35.7 Å². The van der Waals surface area contributed by atoms with Crippen LogP contribution in [-0.2, 0) is 13.6 Å². The highest BCUT2D eigenvalue weighted by atomic mass is 32.1. The molecule has 0 aliphatic carbocycles. The van der Waals surface area contributed by atoms with Crippen molar-refractivity contribution in [1.82, 2.24) is 29.7 Å². The molecule has 1 amide bonds. The van der Waals surface area contributed by atoms with Crippen molar-refractivity contribution in [3.05, 3.63) is 59.5 Å². The molecule has 0 aliphatic rings. The zero-order valence-corrected chi connectivity index (χ0v) is 13.7. The van der Waals surface area contributed by atoms with Crippen LogP contribution in [0, 0.1) is 0 Å². The van der Waals surface area contributed by atoms with Crippen LogP contribution in [0.15, 0.2) is 48.0 Å². The number of nitrogens with one attached hydrogen (secondary N) is 1. The molecule has 24 heavy (non-hydrogen) atoms. The topological polar surface area (TPSA) is 77.1 Å². The number of aryl methyl sites for hydroxylation is 1. The molecule has 0 unspecified atom stereocenters. The van der Waals surface area contributed by atoms with Crippen LogP contribution in [0.2, 0.25) is 0 Å². The van der Waals surface area contributed by atoms with Crippen LogP contribution >= 0.6 is 11.3 Å². The van der Waals surface area contributed by atoms with E-state index in [9.17, 15) is 4.79 Å². The van der Waals surface area contributed by atoms with Gasteiger partial charge in [-0.25, -0.2) is 0 Å². The smallest absolute Gasteiger partial charge is 0.268 e. The molecule has 4 rings (SSSR count). The number of aromatic nitrogens is 5. The molecule has 7 nitrogen and oxygen atoms in total. The molecular formula is C16H14N6OS. The molecular weight excluding hydrogens is 324 g/mol. The van der Waals surface area contributed by atoms with Crippen molar-refractivity contribution < 1.29 is 4.79 Å². The van der Waals surface area contributed by atoms with Gasteiger partial charge in [0.2, 0.25) is 0 Å². The van der Waals surface area contributed by atoms with Gasteiger partial charge >= 0.3 is 0 Å². The van der Waals surface area contributed by atoms with Gasteiger partial charge in [0, 0.05) is 13.2 Å². The summed E-state index contributed by atoms with van der Waals surface area (Å²) < 4.78 is 3.44. The number of carbonyl (C=O) groups excluding carboxylic acids is 1. The van der Waals surface area contributed by atoms with Gasteiger partial charge in [-0.1, -0.05) is 6.07 Å². The Morgan fingerprint density at radius 2 is 2.12 bits per heavy atom. The first-order chi connectivity index (χ1) is 11.7. The zero-order chi connectivity index (χ0) is 16.5. The molecule has 0 aliphatic heterocycles. The van der Waals surface area contributed by atoms with Gasteiger partial charge < -0.3 is 9.88 Å². The third-order valence-corrected chi connectivity index (χ3v) is 4.58. The van der Waals surface area contributed by atoms with E-state index in [1.54, 1.807) is 26.5 Å². The summed E-state index contributed by atoms with van der Waals surface area (Å²) >= 11 is 1.62. The Labute approximate surface area is 141 Å². The predicted molar refractivity (Wildman–Crippen MR) is 90.7 cm³/mol. The van der Waals surface area contributed by atoms with E-state index in [4.69, 9.17) is 0 Å². The lowest BCUT2D eigenvalue weighted by atomic mass is 10.3. The van der Waals surface area contributed by atoms with Crippen LogP contribution in [-0.4, -0.2) is 30.3 Å². The van der Waals surface area contributed by atoms with Crippen molar-refractivity contribution in [3.63, 3.8) is 0 Å². The molecule has 0 atom stereocenters. The number of hydrogen-bond donors (Lipinski definition) is 1. The minimum Gasteiger partial charge on any atom is -0.347 e. The predicted octanol–water partition coefficient (Wildman–Crippen LogP) is 2.12. The number of fused-ring (bicyclic) bond motifs is 1. The van der Waals surface area contributed by atoms with Gasteiger partial charge in [-0.15, -0.1) is 21.5 Å². The van der Waals surface area contributed by atoms with Crippen molar-refractivity contribution in [2.45, 2.75) is 6.54 Å². The van der Waals surface area contributed by atoms with Crippen molar-refractivity contribution >= 4 is 22.9 Å². The van der Waals surface area contributed by atoms with Crippen LogP contribution in [0.4, 0.5) is 0 Å². The summed E-state index contributed by atoms with van der Waals surface area (Å²) in [6.07, 6.45) is 1.83. The Morgan fingerprint density at radius 3 is 2.88 bits per heavy atom. The molecule has 120 valence electrons. The molecule has 4 aromatic heterocycles. The van der Waals surface area contributed by atoms with Gasteiger partial charge in [0.05, 0.1) is 11.4 Å². The normalized spacial score (nSPS) is 11.0. The average molecular weight is 338 g/mol. The SMILES string of the molecule is Cn1cccc1C(=O)NCc1nnc2ccc(-c3cccs3)nn12. The van der Waals surface area contributed by atoms with Crippen LogP contribution in [0.25, 0.3) is 16.2 Å². The zero-order valence-electron chi connectivity index (χ0n) is 12.9. The number of thiophene rings is 1. The minimum atomic E-state index is -0.159. The van der Waals surface area contributed by atoms with E-state index in [2.05, 4.69) is 20.6 Å². The second kappa shape index (κ2) is 5.89. The van der Waals surface area contributed by atoms with E-state index in [0.717, 1.165) is 10.6 Å². The van der Waals surface area contributed by atoms with Crippen molar-refractivity contribution in [2.24, 2.45) is 7.05 Å². The monoisotopic (exact) mass is 338 g/mol. The lowest BCUT2D eigenvalue weighted by Gasteiger charge is -2.05. The summed E-state index contributed by atoms with van der Waals surface area (Å²) in [5.74, 6) is 0.430. The maximum atomic E-state index is 12.2. The highest BCUT2D eigenvalue weighted by molar-refractivity contribution is 7.13. The lowest BCUT2D eigenvalue weighted by molar-refractivity contribution is 0.0941. The molecule has 8 heteroatoms. The first-order valence-corrected chi connectivity index (χ1v) is 8.25. The van der Waals surface area contributed by atoms with Gasteiger partial charge in [0.15, 0.2) is 11.5 Å². The summed E-state index contributed by atoms with van der Waals surface area (Å²) in [6, 6.07) is 11.4. The first-order valence-electron chi connectivity index (χ1n) is 7.37. The molecule has 0 radical (unpaired) electrons. The highest BCUT2D eigenvalue weighted by Gasteiger charge is 2.12. The molecule has 0 saturated heterocycles. The lowest BCUT2D eigenvalue weighted by Crippen LogP contribution is -2.26. The van der Waals surface area contributed by atoms with Gasteiger partial charge in [0.1, 0.15) is 11.4 Å². The summed E-state index contributed by atoms with van der Waals surface area (Å²) in [5, 5.41) is 17.7. The van der Waals surface area contributed by atoms with Gasteiger partial charge in [-0.2, -0.15) is 9.61 Å². The summed E-state index contributed by atoms with van der Waals surface area (Å²) in [6.45, 7) is 0.256. The summed E-state index contributed by atoms with van der Waals surface area (Å²) in [7, 11) is 1.83. The molecule has 0 aromatic carbocycles. The molecule has 0 saturated carbocycles. The number of carbonyl (C=O) groups is 1.